The number of rotatable bonds is 12. The second-order valence-corrected chi connectivity index (χ2v) is 10.7. The van der Waals surface area contributed by atoms with Crippen LogP contribution in [0.15, 0.2) is 24.3 Å². The second-order valence-electron chi connectivity index (χ2n) is 10.7. The summed E-state index contributed by atoms with van der Waals surface area (Å²) in [5.41, 5.74) is 0. The number of aliphatic hydroxyl groups excluding tert-OH is 3. The Bertz CT molecular complexity index is 844. The molecule has 1 heterocycles. The molecule has 1 aliphatic heterocycles. The molecular weight excluding hydrogens is 504 g/mol. The lowest BCUT2D eigenvalue weighted by molar-refractivity contribution is -0.134. The van der Waals surface area contributed by atoms with E-state index in [0.717, 1.165) is 19.3 Å². The van der Waals surface area contributed by atoms with Gasteiger partial charge in [0.15, 0.2) is 0 Å². The van der Waals surface area contributed by atoms with Crippen molar-refractivity contribution in [1.29, 1.82) is 0 Å². The minimum absolute atomic E-state index is 0.129. The molecule has 0 aromatic rings. The van der Waals surface area contributed by atoms with E-state index in [1.54, 1.807) is 12.2 Å². The highest BCUT2D eigenvalue weighted by Crippen LogP contribution is 2.10. The van der Waals surface area contributed by atoms with Crippen LogP contribution < -0.4 is 21.3 Å². The van der Waals surface area contributed by atoms with Gasteiger partial charge in [-0.15, -0.1) is 0 Å². The largest absolute Gasteiger partial charge is 0.393 e. The molecule has 0 spiro atoms. The molecule has 4 amide bonds. The van der Waals surface area contributed by atoms with Gasteiger partial charge in [-0.05, 0) is 39.0 Å². The van der Waals surface area contributed by atoms with Crippen molar-refractivity contribution in [2.75, 3.05) is 6.54 Å². The smallest absolute Gasteiger partial charge is 0.245 e. The molecule has 0 saturated carbocycles. The lowest BCUT2D eigenvalue weighted by Gasteiger charge is -2.28. The summed E-state index contributed by atoms with van der Waals surface area (Å²) >= 11 is 0. The summed E-state index contributed by atoms with van der Waals surface area (Å²) in [5.74, 6) is -1.75. The first kappa shape index (κ1) is 34.3. The van der Waals surface area contributed by atoms with Gasteiger partial charge in [0.25, 0.3) is 0 Å². The third kappa shape index (κ3) is 14.8. The van der Waals surface area contributed by atoms with Crippen molar-refractivity contribution in [1.82, 2.24) is 21.3 Å². The van der Waals surface area contributed by atoms with E-state index < -0.39 is 60.1 Å². The van der Waals surface area contributed by atoms with Crippen LogP contribution in [0.3, 0.4) is 0 Å². The van der Waals surface area contributed by atoms with Crippen LogP contribution in [0.1, 0.15) is 79.1 Å². The van der Waals surface area contributed by atoms with Crippen LogP contribution in [-0.2, 0) is 19.2 Å². The van der Waals surface area contributed by atoms with Gasteiger partial charge in [0.1, 0.15) is 12.1 Å². The Hall–Kier alpha value is -2.76. The Morgan fingerprint density at radius 3 is 2.49 bits per heavy atom. The first-order valence-corrected chi connectivity index (χ1v) is 14.0. The SMILES string of the molecule is CC(C)CCCCC/C=C/C=C/C(=O)N[C@H](C(=O)N[C@H]1C[C@@H](O)CCNC(=O)C[C@@H](O)[C@H](C)NC1=O)[C@@H](C)O. The first-order chi connectivity index (χ1) is 18.4. The van der Waals surface area contributed by atoms with Crippen molar-refractivity contribution in [2.24, 2.45) is 5.92 Å². The first-order valence-electron chi connectivity index (χ1n) is 14.0. The van der Waals surface area contributed by atoms with Gasteiger partial charge in [-0.1, -0.05) is 51.3 Å². The summed E-state index contributed by atoms with van der Waals surface area (Å²) in [7, 11) is 0. The molecular formula is C28H48N4O7. The Labute approximate surface area is 231 Å². The lowest BCUT2D eigenvalue weighted by Crippen LogP contribution is -2.59. The van der Waals surface area contributed by atoms with Crippen molar-refractivity contribution < 1.29 is 34.5 Å². The summed E-state index contributed by atoms with van der Waals surface area (Å²) in [5, 5.41) is 40.8. The molecule has 0 bridgehead atoms. The van der Waals surface area contributed by atoms with Crippen LogP contribution in [0.5, 0.6) is 0 Å². The monoisotopic (exact) mass is 552 g/mol. The molecule has 1 saturated heterocycles. The van der Waals surface area contributed by atoms with Gasteiger partial charge in [-0.25, -0.2) is 0 Å². The molecule has 0 aromatic carbocycles. The van der Waals surface area contributed by atoms with Gasteiger partial charge < -0.3 is 36.6 Å². The van der Waals surface area contributed by atoms with Crippen molar-refractivity contribution in [3.8, 4) is 0 Å². The Kier molecular flexibility index (Phi) is 16.3. The molecule has 0 unspecified atom stereocenters. The number of carbonyl (C=O) groups is 4. The van der Waals surface area contributed by atoms with E-state index >= 15 is 0 Å². The van der Waals surface area contributed by atoms with Gasteiger partial charge in [0.05, 0.1) is 30.8 Å². The Morgan fingerprint density at radius 2 is 1.82 bits per heavy atom. The topological polar surface area (TPSA) is 177 Å². The van der Waals surface area contributed by atoms with Crippen LogP contribution in [0.4, 0.5) is 0 Å². The zero-order chi connectivity index (χ0) is 29.4. The number of carbonyl (C=O) groups excluding carboxylic acids is 4. The predicted octanol–water partition coefficient (Wildman–Crippen LogP) is 0.582. The van der Waals surface area contributed by atoms with Gasteiger partial charge in [0, 0.05) is 19.0 Å². The maximum absolute atomic E-state index is 13.0. The molecule has 1 aliphatic rings. The zero-order valence-corrected chi connectivity index (χ0v) is 23.7. The number of aliphatic hydroxyl groups is 3. The van der Waals surface area contributed by atoms with Crippen molar-refractivity contribution in [2.45, 2.75) is 115 Å². The predicted molar refractivity (Wildman–Crippen MR) is 148 cm³/mol. The molecule has 0 aromatic heterocycles. The van der Waals surface area contributed by atoms with Gasteiger partial charge in [0.2, 0.25) is 23.6 Å². The number of allylic oxidation sites excluding steroid dienone is 3. The number of amides is 4. The Morgan fingerprint density at radius 1 is 1.10 bits per heavy atom. The van der Waals surface area contributed by atoms with E-state index in [4.69, 9.17) is 0 Å². The number of hydrogen-bond acceptors (Lipinski definition) is 7. The molecule has 11 heteroatoms. The highest BCUT2D eigenvalue weighted by molar-refractivity contribution is 5.95. The van der Waals surface area contributed by atoms with Crippen LogP contribution in [0.2, 0.25) is 0 Å². The quantitative estimate of drug-likeness (QED) is 0.105. The average molecular weight is 553 g/mol. The van der Waals surface area contributed by atoms with Crippen LogP contribution in [0.25, 0.3) is 0 Å². The molecule has 0 radical (unpaired) electrons. The molecule has 6 atom stereocenters. The number of nitrogens with one attached hydrogen (secondary N) is 4. The fourth-order valence-electron chi connectivity index (χ4n) is 4.04. The summed E-state index contributed by atoms with van der Waals surface area (Å²) in [6, 6.07) is -3.35. The fraction of sp³-hybridized carbons (Fsp3) is 0.714. The summed E-state index contributed by atoms with van der Waals surface area (Å²) in [6.45, 7) is 7.41. The van der Waals surface area contributed by atoms with Gasteiger partial charge in [-0.2, -0.15) is 0 Å². The highest BCUT2D eigenvalue weighted by Gasteiger charge is 2.32. The lowest BCUT2D eigenvalue weighted by atomic mass is 10.0. The van der Waals surface area contributed by atoms with Gasteiger partial charge in [-0.3, -0.25) is 19.2 Å². The van der Waals surface area contributed by atoms with Gasteiger partial charge >= 0.3 is 0 Å². The van der Waals surface area contributed by atoms with E-state index in [1.807, 2.05) is 6.08 Å². The molecule has 7 N–H and O–H groups in total. The molecule has 1 fully saturated rings. The van der Waals surface area contributed by atoms with E-state index in [1.165, 1.54) is 32.8 Å². The molecule has 39 heavy (non-hydrogen) atoms. The number of hydrogen-bond donors (Lipinski definition) is 7. The highest BCUT2D eigenvalue weighted by atomic mass is 16.3. The minimum atomic E-state index is -1.35. The summed E-state index contributed by atoms with van der Waals surface area (Å²) < 4.78 is 0. The van der Waals surface area contributed by atoms with E-state index in [2.05, 4.69) is 35.1 Å². The standard InChI is InChI=1S/C28H48N4O7/c1-18(2)12-10-8-6-5-7-9-11-13-24(36)32-26(20(4)33)28(39)31-22-16-21(34)14-15-29-25(37)17-23(35)19(3)30-27(22)38/h7,9,11,13,18-23,26,33-35H,5-6,8,10,12,14-17H2,1-4H3,(H,29,37)(H,30,38)(H,31,39)(H,32,36)/b9-7+,13-11+/t19-,20+,21-,22-,23+,26-/m0/s1. The molecule has 11 nitrogen and oxygen atoms in total. The van der Waals surface area contributed by atoms with E-state index in [0.29, 0.717) is 5.92 Å². The normalized spacial score (nSPS) is 24.9. The van der Waals surface area contributed by atoms with E-state index in [-0.39, 0.29) is 25.8 Å². The maximum atomic E-state index is 13.0. The Balaban J connectivity index is 2.72. The third-order valence-corrected chi connectivity index (χ3v) is 6.49. The average Bonchev–Trinajstić information content (AvgIpc) is 2.84. The summed E-state index contributed by atoms with van der Waals surface area (Å²) in [4.78, 5) is 50.0. The fourth-order valence-corrected chi connectivity index (χ4v) is 4.04. The summed E-state index contributed by atoms with van der Waals surface area (Å²) in [6.07, 6.45) is 8.38. The number of unbranched alkanes of at least 4 members (excludes halogenated alkanes) is 3. The molecule has 1 rings (SSSR count). The molecule has 222 valence electrons. The molecule has 0 aliphatic carbocycles. The van der Waals surface area contributed by atoms with Crippen molar-refractivity contribution >= 4 is 23.6 Å². The van der Waals surface area contributed by atoms with Crippen LogP contribution in [0, 0.1) is 5.92 Å². The third-order valence-electron chi connectivity index (χ3n) is 6.49. The van der Waals surface area contributed by atoms with Crippen LogP contribution >= 0.6 is 0 Å². The maximum Gasteiger partial charge on any atom is 0.245 e. The zero-order valence-electron chi connectivity index (χ0n) is 23.7. The van der Waals surface area contributed by atoms with E-state index in [9.17, 15) is 34.5 Å². The van der Waals surface area contributed by atoms with Crippen molar-refractivity contribution in [3.63, 3.8) is 0 Å². The van der Waals surface area contributed by atoms with Crippen molar-refractivity contribution in [3.05, 3.63) is 24.3 Å². The van der Waals surface area contributed by atoms with Crippen LogP contribution in [-0.4, -0.2) is 81.9 Å². The second kappa shape index (κ2) is 18.5. The minimum Gasteiger partial charge on any atom is -0.393 e.